The summed E-state index contributed by atoms with van der Waals surface area (Å²) in [7, 11) is 0. The maximum atomic E-state index is 4.78. The molecule has 1 aliphatic heterocycles. The summed E-state index contributed by atoms with van der Waals surface area (Å²) >= 11 is 3.52. The zero-order valence-corrected chi connectivity index (χ0v) is 20.3. The number of halogens is 1. The molecule has 3 rings (SSSR count). The number of aryl methyl sites for hydroxylation is 2. The molecule has 0 atom stereocenters. The fourth-order valence-corrected chi connectivity index (χ4v) is 4.78. The van der Waals surface area contributed by atoms with Gasteiger partial charge in [0.1, 0.15) is 0 Å². The Bertz CT molecular complexity index is 706. The van der Waals surface area contributed by atoms with E-state index in [-0.39, 0.29) is 24.0 Å². The van der Waals surface area contributed by atoms with Gasteiger partial charge in [0.25, 0.3) is 0 Å². The number of guanidine groups is 1. The molecular weight excluding hydrogens is 489 g/mol. The molecule has 0 aromatic carbocycles. The van der Waals surface area contributed by atoms with Crippen molar-refractivity contribution in [1.82, 2.24) is 20.5 Å². The van der Waals surface area contributed by atoms with Crippen LogP contribution in [0.3, 0.4) is 0 Å². The maximum Gasteiger partial charge on any atom is 0.191 e. The summed E-state index contributed by atoms with van der Waals surface area (Å²) in [5.74, 6) is 0.925. The zero-order chi connectivity index (χ0) is 18.4. The normalized spacial score (nSPS) is 16.2. The van der Waals surface area contributed by atoms with E-state index in [2.05, 4.69) is 58.1 Å². The molecule has 0 unspecified atom stereocenters. The summed E-state index contributed by atoms with van der Waals surface area (Å²) in [4.78, 5) is 13.1. The van der Waals surface area contributed by atoms with Gasteiger partial charge in [-0.2, -0.15) is 11.3 Å². The van der Waals surface area contributed by atoms with Crippen molar-refractivity contribution >= 4 is 52.6 Å². The Morgan fingerprint density at radius 1 is 1.33 bits per heavy atom. The Labute approximate surface area is 187 Å². The highest BCUT2D eigenvalue weighted by molar-refractivity contribution is 14.0. The van der Waals surface area contributed by atoms with Crippen LogP contribution in [0.1, 0.15) is 40.9 Å². The van der Waals surface area contributed by atoms with Gasteiger partial charge in [-0.05, 0) is 56.0 Å². The summed E-state index contributed by atoms with van der Waals surface area (Å²) in [6.07, 6.45) is 2.32. The van der Waals surface area contributed by atoms with Gasteiger partial charge in [0, 0.05) is 37.1 Å². The smallest absolute Gasteiger partial charge is 0.191 e. The van der Waals surface area contributed by atoms with E-state index in [0.29, 0.717) is 12.6 Å². The second kappa shape index (κ2) is 11.3. The van der Waals surface area contributed by atoms with E-state index in [0.717, 1.165) is 55.7 Å². The molecule has 1 fully saturated rings. The molecule has 0 bridgehead atoms. The summed E-state index contributed by atoms with van der Waals surface area (Å²) in [6.45, 7) is 11.2. The van der Waals surface area contributed by atoms with Crippen LogP contribution in [0.2, 0.25) is 0 Å². The van der Waals surface area contributed by atoms with Crippen molar-refractivity contribution in [2.75, 3.05) is 19.6 Å². The molecule has 0 spiro atoms. The molecular formula is C19H30IN5S2. The van der Waals surface area contributed by atoms with Crippen LogP contribution in [0.25, 0.3) is 0 Å². The first-order valence-corrected chi connectivity index (χ1v) is 11.1. The number of nitrogens with one attached hydrogen (secondary N) is 2. The van der Waals surface area contributed by atoms with Gasteiger partial charge in [-0.25, -0.2) is 9.98 Å². The van der Waals surface area contributed by atoms with Crippen molar-refractivity contribution in [3.63, 3.8) is 0 Å². The Kier molecular flexibility index (Phi) is 9.47. The lowest BCUT2D eigenvalue weighted by molar-refractivity contribution is 0.198. The minimum Gasteiger partial charge on any atom is -0.357 e. The second-order valence-corrected chi connectivity index (χ2v) is 8.83. The molecule has 150 valence electrons. The first-order valence-electron chi connectivity index (χ1n) is 9.35. The largest absolute Gasteiger partial charge is 0.357 e. The number of aromatic nitrogens is 1. The predicted molar refractivity (Wildman–Crippen MR) is 128 cm³/mol. The minimum absolute atomic E-state index is 0. The van der Waals surface area contributed by atoms with Crippen LogP contribution < -0.4 is 10.6 Å². The summed E-state index contributed by atoms with van der Waals surface area (Å²) in [5.41, 5.74) is 2.54. The number of thiophene rings is 1. The first kappa shape index (κ1) is 22.6. The van der Waals surface area contributed by atoms with Crippen LogP contribution >= 0.6 is 46.7 Å². The van der Waals surface area contributed by atoms with Gasteiger partial charge in [0.05, 0.1) is 17.2 Å². The lowest BCUT2D eigenvalue weighted by Gasteiger charge is -2.33. The lowest BCUT2D eigenvalue weighted by atomic mass is 10.0. The van der Waals surface area contributed by atoms with E-state index in [1.807, 2.05) is 0 Å². The number of piperidine rings is 1. The third kappa shape index (κ3) is 6.99. The van der Waals surface area contributed by atoms with Crippen LogP contribution in [0.15, 0.2) is 21.8 Å². The average molecular weight is 520 g/mol. The van der Waals surface area contributed by atoms with E-state index >= 15 is 0 Å². The molecule has 0 radical (unpaired) electrons. The Morgan fingerprint density at radius 2 is 2.11 bits per heavy atom. The van der Waals surface area contributed by atoms with Crippen LogP contribution in [0.4, 0.5) is 0 Å². The van der Waals surface area contributed by atoms with Crippen molar-refractivity contribution in [2.24, 2.45) is 4.99 Å². The number of nitrogens with zero attached hydrogens (tertiary/aromatic N) is 3. The number of rotatable bonds is 6. The van der Waals surface area contributed by atoms with Gasteiger partial charge in [-0.15, -0.1) is 35.3 Å². The molecule has 27 heavy (non-hydrogen) atoms. The molecule has 1 aliphatic rings. The minimum atomic E-state index is 0. The van der Waals surface area contributed by atoms with Gasteiger partial charge in [-0.1, -0.05) is 0 Å². The van der Waals surface area contributed by atoms with Gasteiger partial charge in [-0.3, -0.25) is 4.90 Å². The quantitative estimate of drug-likeness (QED) is 0.342. The van der Waals surface area contributed by atoms with Crippen LogP contribution in [0, 0.1) is 13.8 Å². The Morgan fingerprint density at radius 3 is 2.70 bits per heavy atom. The fraction of sp³-hybridized carbons (Fsp3) is 0.579. The van der Waals surface area contributed by atoms with Crippen molar-refractivity contribution in [2.45, 2.75) is 52.7 Å². The molecule has 0 aliphatic carbocycles. The molecule has 3 heterocycles. The number of aliphatic imine (C=N–C) groups is 1. The number of hydrogen-bond acceptors (Lipinski definition) is 5. The van der Waals surface area contributed by atoms with E-state index in [1.165, 1.54) is 10.4 Å². The first-order chi connectivity index (χ1) is 12.6. The Balaban J connectivity index is 0.00000261. The van der Waals surface area contributed by atoms with E-state index in [9.17, 15) is 0 Å². The number of thiazole rings is 1. The average Bonchev–Trinajstić information content (AvgIpc) is 3.24. The van der Waals surface area contributed by atoms with Crippen molar-refractivity contribution in [3.05, 3.63) is 38.0 Å². The molecule has 0 saturated carbocycles. The lowest BCUT2D eigenvalue weighted by Crippen LogP contribution is -2.48. The highest BCUT2D eigenvalue weighted by Gasteiger charge is 2.20. The predicted octanol–water partition coefficient (Wildman–Crippen LogP) is 4.16. The fourth-order valence-electron chi connectivity index (χ4n) is 3.26. The van der Waals surface area contributed by atoms with Crippen molar-refractivity contribution in [3.8, 4) is 0 Å². The van der Waals surface area contributed by atoms with Gasteiger partial charge >= 0.3 is 0 Å². The van der Waals surface area contributed by atoms with Gasteiger partial charge < -0.3 is 10.6 Å². The summed E-state index contributed by atoms with van der Waals surface area (Å²) < 4.78 is 0. The second-order valence-electron chi connectivity index (χ2n) is 6.76. The van der Waals surface area contributed by atoms with Gasteiger partial charge in [0.2, 0.25) is 0 Å². The molecule has 0 amide bonds. The van der Waals surface area contributed by atoms with Gasteiger partial charge in [0.15, 0.2) is 5.96 Å². The molecule has 2 aromatic heterocycles. The molecule has 8 heteroatoms. The van der Waals surface area contributed by atoms with Crippen LogP contribution in [-0.2, 0) is 13.1 Å². The maximum absolute atomic E-state index is 4.78. The van der Waals surface area contributed by atoms with Crippen molar-refractivity contribution in [1.29, 1.82) is 0 Å². The third-order valence-corrected chi connectivity index (χ3v) is 6.43. The highest BCUT2D eigenvalue weighted by Crippen LogP contribution is 2.18. The summed E-state index contributed by atoms with van der Waals surface area (Å²) in [5, 5.41) is 12.5. The van der Waals surface area contributed by atoms with Crippen LogP contribution in [-0.4, -0.2) is 41.5 Å². The molecule has 2 N–H and O–H groups in total. The van der Waals surface area contributed by atoms with Crippen molar-refractivity contribution < 1.29 is 0 Å². The SMILES string of the molecule is CCNC(=NCc1sc(C)nc1C)NC1CCN(Cc2ccsc2)CC1.I. The highest BCUT2D eigenvalue weighted by atomic mass is 127. The summed E-state index contributed by atoms with van der Waals surface area (Å²) in [6, 6.07) is 2.73. The molecule has 5 nitrogen and oxygen atoms in total. The molecule has 2 aromatic rings. The monoisotopic (exact) mass is 519 g/mol. The number of likely N-dealkylation sites (tertiary alicyclic amines) is 1. The third-order valence-electron chi connectivity index (χ3n) is 4.64. The van der Waals surface area contributed by atoms with E-state index < -0.39 is 0 Å². The standard InChI is InChI=1S/C19H29N5S2.HI/c1-4-20-19(21-11-18-14(2)22-15(3)26-18)23-17-5-8-24(9-6-17)12-16-7-10-25-13-16;/h7,10,13,17H,4-6,8-9,11-12H2,1-3H3,(H2,20,21,23);1H. The van der Waals surface area contributed by atoms with E-state index in [1.54, 1.807) is 22.7 Å². The molecule has 1 saturated heterocycles. The van der Waals surface area contributed by atoms with Crippen LogP contribution in [0.5, 0.6) is 0 Å². The topological polar surface area (TPSA) is 52.6 Å². The van der Waals surface area contributed by atoms with E-state index in [4.69, 9.17) is 4.99 Å². The number of hydrogen-bond donors (Lipinski definition) is 2. The zero-order valence-electron chi connectivity index (χ0n) is 16.3. The Hall–Kier alpha value is -0.710.